The van der Waals surface area contributed by atoms with E-state index in [2.05, 4.69) is 5.32 Å². The van der Waals surface area contributed by atoms with Gasteiger partial charge in [0.1, 0.15) is 16.6 Å². The van der Waals surface area contributed by atoms with Crippen LogP contribution in [-0.4, -0.2) is 31.6 Å². The number of thiophene rings is 1. The van der Waals surface area contributed by atoms with Gasteiger partial charge in [-0.25, -0.2) is 18.4 Å². The van der Waals surface area contributed by atoms with Gasteiger partial charge < -0.3 is 14.8 Å². The third kappa shape index (κ3) is 4.42. The van der Waals surface area contributed by atoms with E-state index in [1.165, 1.54) is 18.4 Å². The largest absolute Gasteiger partial charge is 0.465 e. The van der Waals surface area contributed by atoms with E-state index in [4.69, 9.17) is 9.47 Å². The molecule has 0 saturated carbocycles. The number of methoxy groups -OCH3 is 1. The number of nitrogens with one attached hydrogen (secondary N) is 1. The van der Waals surface area contributed by atoms with E-state index in [1.807, 2.05) is 0 Å². The molecule has 2 rings (SSSR count). The molecule has 6 nitrogen and oxygen atoms in total. The number of aryl methyl sites for hydroxylation is 1. The quantitative estimate of drug-likeness (QED) is 0.802. The van der Waals surface area contributed by atoms with E-state index in [0.717, 1.165) is 17.0 Å². The van der Waals surface area contributed by atoms with Crippen molar-refractivity contribution in [1.82, 2.24) is 0 Å². The predicted octanol–water partition coefficient (Wildman–Crippen LogP) is 3.23. The standard InChI is InChI=1S/C17H15F2NO5S/c1-8-9(2)26-15(14(8)17(23)24-3)20-13(21)7-25-16(22)10-4-11(18)6-12(19)5-10/h4-6H,7H2,1-3H3,(H,20,21). The lowest BCUT2D eigenvalue weighted by Gasteiger charge is -2.07. The average Bonchev–Trinajstić information content (AvgIpc) is 2.85. The third-order valence-corrected chi connectivity index (χ3v) is 4.58. The fraction of sp³-hybridized carbons (Fsp3) is 0.235. The number of carbonyl (C=O) groups is 3. The second kappa shape index (κ2) is 8.05. The Hall–Kier alpha value is -2.81. The molecule has 1 aromatic heterocycles. The van der Waals surface area contributed by atoms with Gasteiger partial charge in [-0.1, -0.05) is 0 Å². The Kier molecular flexibility index (Phi) is 6.04. The second-order valence-electron chi connectivity index (χ2n) is 5.26. The second-order valence-corrected chi connectivity index (χ2v) is 6.49. The van der Waals surface area contributed by atoms with Gasteiger partial charge in [-0.05, 0) is 31.5 Å². The zero-order valence-electron chi connectivity index (χ0n) is 14.1. The Balaban J connectivity index is 2.04. The van der Waals surface area contributed by atoms with Crippen molar-refractivity contribution in [2.45, 2.75) is 13.8 Å². The van der Waals surface area contributed by atoms with E-state index in [9.17, 15) is 23.2 Å². The summed E-state index contributed by atoms with van der Waals surface area (Å²) in [5.41, 5.74) is 0.541. The molecule has 138 valence electrons. The Labute approximate surface area is 151 Å². The molecule has 0 radical (unpaired) electrons. The summed E-state index contributed by atoms with van der Waals surface area (Å²) in [6, 6.07) is 2.20. The number of hydrogen-bond donors (Lipinski definition) is 1. The van der Waals surface area contributed by atoms with Gasteiger partial charge in [0.25, 0.3) is 5.91 Å². The van der Waals surface area contributed by atoms with Gasteiger partial charge in [-0.3, -0.25) is 4.79 Å². The first-order chi connectivity index (χ1) is 12.2. The minimum Gasteiger partial charge on any atom is -0.465 e. The summed E-state index contributed by atoms with van der Waals surface area (Å²) in [6.45, 7) is 2.81. The maximum Gasteiger partial charge on any atom is 0.341 e. The molecule has 1 N–H and O–H groups in total. The number of anilines is 1. The lowest BCUT2D eigenvalue weighted by molar-refractivity contribution is -0.119. The summed E-state index contributed by atoms with van der Waals surface area (Å²) in [6.07, 6.45) is 0. The Morgan fingerprint density at radius 2 is 1.69 bits per heavy atom. The molecule has 9 heteroatoms. The number of halogens is 2. The van der Waals surface area contributed by atoms with Gasteiger partial charge in [-0.2, -0.15) is 0 Å². The molecule has 26 heavy (non-hydrogen) atoms. The average molecular weight is 383 g/mol. The Morgan fingerprint density at radius 1 is 1.08 bits per heavy atom. The van der Waals surface area contributed by atoms with Crippen LogP contribution in [0.2, 0.25) is 0 Å². The van der Waals surface area contributed by atoms with Gasteiger partial charge in [-0.15, -0.1) is 11.3 Å². The van der Waals surface area contributed by atoms with Crippen LogP contribution in [0.4, 0.5) is 13.8 Å². The first kappa shape index (κ1) is 19.5. The molecule has 0 aliphatic carbocycles. The van der Waals surface area contributed by atoms with Crippen LogP contribution in [0.3, 0.4) is 0 Å². The van der Waals surface area contributed by atoms with Gasteiger partial charge >= 0.3 is 11.9 Å². The minimum atomic E-state index is -1.05. The molecule has 1 amide bonds. The van der Waals surface area contributed by atoms with Crippen molar-refractivity contribution in [3.8, 4) is 0 Å². The van der Waals surface area contributed by atoms with Crippen LogP contribution in [-0.2, 0) is 14.3 Å². The topological polar surface area (TPSA) is 81.7 Å². The van der Waals surface area contributed by atoms with E-state index >= 15 is 0 Å². The van der Waals surface area contributed by atoms with Crippen molar-refractivity contribution >= 4 is 34.2 Å². The summed E-state index contributed by atoms with van der Waals surface area (Å²) < 4.78 is 35.6. The number of ether oxygens (including phenoxy) is 2. The normalized spacial score (nSPS) is 10.3. The van der Waals surface area contributed by atoms with E-state index in [1.54, 1.807) is 13.8 Å². The van der Waals surface area contributed by atoms with Gasteiger partial charge in [0.2, 0.25) is 0 Å². The number of hydrogen-bond acceptors (Lipinski definition) is 6. The highest BCUT2D eigenvalue weighted by Gasteiger charge is 2.22. The van der Waals surface area contributed by atoms with Gasteiger partial charge in [0, 0.05) is 10.9 Å². The molecule has 0 aliphatic heterocycles. The number of amides is 1. The first-order valence-electron chi connectivity index (χ1n) is 7.34. The Morgan fingerprint density at radius 3 is 2.27 bits per heavy atom. The summed E-state index contributed by atoms with van der Waals surface area (Å²) in [7, 11) is 1.22. The molecule has 0 fully saturated rings. The third-order valence-electron chi connectivity index (χ3n) is 3.46. The SMILES string of the molecule is COC(=O)c1c(NC(=O)COC(=O)c2cc(F)cc(F)c2)sc(C)c1C. The number of carbonyl (C=O) groups excluding carboxylic acids is 3. The monoisotopic (exact) mass is 383 g/mol. The lowest BCUT2D eigenvalue weighted by Crippen LogP contribution is -2.21. The molecule has 1 aromatic carbocycles. The van der Waals surface area contributed by atoms with Crippen LogP contribution in [0.15, 0.2) is 18.2 Å². The molecule has 0 spiro atoms. The zero-order chi connectivity index (χ0) is 19.4. The van der Waals surface area contributed by atoms with Crippen LogP contribution in [0, 0.1) is 25.5 Å². The van der Waals surface area contributed by atoms with Crippen molar-refractivity contribution in [2.75, 3.05) is 19.0 Å². The zero-order valence-corrected chi connectivity index (χ0v) is 15.0. The maximum absolute atomic E-state index is 13.1. The molecule has 0 aliphatic rings. The summed E-state index contributed by atoms with van der Waals surface area (Å²) in [5, 5.41) is 2.74. The molecular formula is C17H15F2NO5S. The molecule has 1 heterocycles. The smallest absolute Gasteiger partial charge is 0.341 e. The maximum atomic E-state index is 13.1. The summed E-state index contributed by atoms with van der Waals surface area (Å²) in [5.74, 6) is -4.23. The number of esters is 2. The van der Waals surface area contributed by atoms with Crippen LogP contribution < -0.4 is 5.32 Å². The fourth-order valence-electron chi connectivity index (χ4n) is 2.11. The van der Waals surface area contributed by atoms with Crippen molar-refractivity contribution < 1.29 is 32.6 Å². The lowest BCUT2D eigenvalue weighted by atomic mass is 10.1. The first-order valence-corrected chi connectivity index (χ1v) is 8.16. The molecule has 0 atom stereocenters. The number of rotatable bonds is 5. The molecule has 0 saturated heterocycles. The highest BCUT2D eigenvalue weighted by Crippen LogP contribution is 2.32. The van der Waals surface area contributed by atoms with Crippen LogP contribution in [0.1, 0.15) is 31.2 Å². The van der Waals surface area contributed by atoms with Crippen molar-refractivity contribution in [2.24, 2.45) is 0 Å². The van der Waals surface area contributed by atoms with Crippen molar-refractivity contribution in [1.29, 1.82) is 0 Å². The highest BCUT2D eigenvalue weighted by molar-refractivity contribution is 7.16. The molecule has 0 unspecified atom stereocenters. The van der Waals surface area contributed by atoms with E-state index in [0.29, 0.717) is 11.6 Å². The summed E-state index contributed by atoms with van der Waals surface area (Å²) >= 11 is 1.18. The molecular weight excluding hydrogens is 368 g/mol. The number of benzene rings is 1. The predicted molar refractivity (Wildman–Crippen MR) is 90.4 cm³/mol. The van der Waals surface area contributed by atoms with E-state index < -0.39 is 36.1 Å². The van der Waals surface area contributed by atoms with Crippen molar-refractivity contribution in [3.63, 3.8) is 0 Å². The van der Waals surface area contributed by atoms with Crippen molar-refractivity contribution in [3.05, 3.63) is 51.4 Å². The van der Waals surface area contributed by atoms with Gasteiger partial charge in [0.05, 0.1) is 18.2 Å². The molecule has 0 bridgehead atoms. The fourth-order valence-corrected chi connectivity index (χ4v) is 3.18. The molecule has 2 aromatic rings. The highest BCUT2D eigenvalue weighted by atomic mass is 32.1. The Bertz CT molecular complexity index is 858. The van der Waals surface area contributed by atoms with Crippen LogP contribution >= 0.6 is 11.3 Å². The van der Waals surface area contributed by atoms with Gasteiger partial charge in [0.15, 0.2) is 6.61 Å². The van der Waals surface area contributed by atoms with Crippen LogP contribution in [0.5, 0.6) is 0 Å². The van der Waals surface area contributed by atoms with E-state index in [-0.39, 0.29) is 16.1 Å². The van der Waals surface area contributed by atoms with Crippen LogP contribution in [0.25, 0.3) is 0 Å². The summed E-state index contributed by atoms with van der Waals surface area (Å²) in [4.78, 5) is 36.4. The minimum absolute atomic E-state index is 0.224.